The molecule has 2 aliphatic carbocycles. The molecule has 0 saturated heterocycles. The Kier molecular flexibility index (Phi) is 6.37. The number of benzene rings is 6. The van der Waals surface area contributed by atoms with E-state index in [2.05, 4.69) is 137 Å². The maximum absolute atomic E-state index is 6.94. The second-order valence-electron chi connectivity index (χ2n) is 13.8. The summed E-state index contributed by atoms with van der Waals surface area (Å²) in [6.07, 6.45) is 11.8. The van der Waals surface area contributed by atoms with E-state index in [1.165, 1.54) is 27.7 Å². The highest BCUT2D eigenvalue weighted by molar-refractivity contribution is 6.19. The third kappa shape index (κ3) is 4.49. The van der Waals surface area contributed by atoms with Gasteiger partial charge >= 0.3 is 0 Å². The molecule has 1 atom stereocenters. The molecule has 0 bridgehead atoms. The van der Waals surface area contributed by atoms with Gasteiger partial charge in [0.15, 0.2) is 6.17 Å². The minimum absolute atomic E-state index is 0.409. The van der Waals surface area contributed by atoms with Crippen LogP contribution in [0.25, 0.3) is 55.4 Å². The van der Waals surface area contributed by atoms with Gasteiger partial charge in [0.05, 0.1) is 11.2 Å². The molecule has 0 saturated carbocycles. The summed E-state index contributed by atoms with van der Waals surface area (Å²) in [4.78, 5) is 10.5. The van der Waals surface area contributed by atoms with Crippen molar-refractivity contribution in [2.45, 2.75) is 12.6 Å². The maximum Gasteiger partial charge on any atom is 0.170 e. The molecule has 11 rings (SSSR count). The number of amidine groups is 2. The lowest BCUT2D eigenvalue weighted by atomic mass is 9.83. The quantitative estimate of drug-likeness (QED) is 0.203. The zero-order valence-corrected chi connectivity index (χ0v) is 28.2. The monoisotopic (exact) mass is 668 g/mol. The molecule has 1 unspecified atom stereocenters. The van der Waals surface area contributed by atoms with Crippen molar-refractivity contribution in [2.75, 3.05) is 0 Å². The number of hydrogen-bond donors (Lipinski definition) is 1. The topological polar surface area (TPSA) is 54.8 Å². The minimum atomic E-state index is -0.489. The van der Waals surface area contributed by atoms with Gasteiger partial charge in [-0.25, -0.2) is 9.98 Å². The Morgan fingerprint density at radius 1 is 0.673 bits per heavy atom. The summed E-state index contributed by atoms with van der Waals surface area (Å²) in [6, 6.07) is 46.7. The van der Waals surface area contributed by atoms with Gasteiger partial charge in [-0.15, -0.1) is 0 Å². The summed E-state index contributed by atoms with van der Waals surface area (Å²) in [6.45, 7) is 0. The average molecular weight is 669 g/mol. The first-order valence-electron chi connectivity index (χ1n) is 17.9. The van der Waals surface area contributed by atoms with Gasteiger partial charge in [0.2, 0.25) is 0 Å². The van der Waals surface area contributed by atoms with Crippen LogP contribution < -0.4 is 5.32 Å². The van der Waals surface area contributed by atoms with Gasteiger partial charge in [0, 0.05) is 55.9 Å². The SMILES string of the molecule is C1=CC2=Cc3c(c4ccccc4n3-c3ccc4c(c3)oc3c5ccccc5cc(C5N=C(c6ccccc6)NC(c6ccccc6)=N5)c43)CC2C=C1. The number of hydrogen-bond acceptors (Lipinski definition) is 4. The summed E-state index contributed by atoms with van der Waals surface area (Å²) >= 11 is 0. The molecule has 246 valence electrons. The Morgan fingerprint density at radius 3 is 2.17 bits per heavy atom. The van der Waals surface area contributed by atoms with Crippen molar-refractivity contribution in [2.24, 2.45) is 15.9 Å². The Balaban J connectivity index is 1.14. The highest BCUT2D eigenvalue weighted by Gasteiger charge is 2.28. The molecule has 52 heavy (non-hydrogen) atoms. The molecule has 6 aromatic carbocycles. The standard InChI is InChI=1S/C47H32N4O/c1-3-13-29(14-4-1)45-48-46(30-15-5-2-6-16-30)50-47(49-45)39-26-33-19-9-10-20-35(33)44-43(39)37-24-23-34(28-42(37)52-44)51-40-22-12-11-21-36(40)38-25-31-17-7-8-18-32(31)27-41(38)51/h1-24,26-28,31,47H,25H2,(H,48,49,50). The first-order chi connectivity index (χ1) is 25.8. The van der Waals surface area contributed by atoms with Gasteiger partial charge in [-0.1, -0.05) is 127 Å². The predicted octanol–water partition coefficient (Wildman–Crippen LogP) is 10.9. The number of fused-ring (bicyclic) bond motifs is 9. The van der Waals surface area contributed by atoms with E-state index in [1.807, 2.05) is 36.4 Å². The number of furan rings is 1. The molecule has 2 aromatic heterocycles. The van der Waals surface area contributed by atoms with E-state index in [1.54, 1.807) is 0 Å². The first-order valence-corrected chi connectivity index (χ1v) is 17.9. The van der Waals surface area contributed by atoms with Crippen molar-refractivity contribution in [1.82, 2.24) is 9.88 Å². The fraction of sp³-hybridized carbons (Fsp3) is 0.0638. The van der Waals surface area contributed by atoms with E-state index < -0.39 is 6.17 Å². The van der Waals surface area contributed by atoms with E-state index in [-0.39, 0.29) is 0 Å². The molecule has 0 amide bonds. The van der Waals surface area contributed by atoms with Crippen molar-refractivity contribution in [3.05, 3.63) is 191 Å². The number of aromatic nitrogens is 1. The summed E-state index contributed by atoms with van der Waals surface area (Å²) < 4.78 is 9.35. The van der Waals surface area contributed by atoms with Crippen molar-refractivity contribution in [3.63, 3.8) is 0 Å². The second-order valence-corrected chi connectivity index (χ2v) is 13.8. The Bertz CT molecular complexity index is 2850. The highest BCUT2D eigenvalue weighted by Crippen LogP contribution is 2.44. The van der Waals surface area contributed by atoms with Gasteiger partial charge in [0.1, 0.15) is 22.8 Å². The Morgan fingerprint density at radius 2 is 1.38 bits per heavy atom. The maximum atomic E-state index is 6.94. The van der Waals surface area contributed by atoms with Gasteiger partial charge in [-0.05, 0) is 53.3 Å². The van der Waals surface area contributed by atoms with Crippen LogP contribution in [0.15, 0.2) is 178 Å². The fourth-order valence-corrected chi connectivity index (χ4v) is 8.34. The van der Waals surface area contributed by atoms with Crippen LogP contribution in [-0.4, -0.2) is 16.2 Å². The van der Waals surface area contributed by atoms with Crippen LogP contribution >= 0.6 is 0 Å². The molecule has 5 nitrogen and oxygen atoms in total. The lowest BCUT2D eigenvalue weighted by molar-refractivity contribution is 0.671. The number of para-hydroxylation sites is 1. The van der Waals surface area contributed by atoms with Crippen molar-refractivity contribution in [3.8, 4) is 5.69 Å². The first kappa shape index (κ1) is 29.1. The molecule has 8 aromatic rings. The molecule has 3 aliphatic rings. The number of allylic oxidation sites excluding steroid dienone is 5. The number of rotatable bonds is 4. The highest BCUT2D eigenvalue weighted by atomic mass is 16.3. The molecule has 5 heteroatoms. The minimum Gasteiger partial charge on any atom is -0.455 e. The van der Waals surface area contributed by atoms with Crippen molar-refractivity contribution in [1.29, 1.82) is 0 Å². The summed E-state index contributed by atoms with van der Waals surface area (Å²) in [7, 11) is 0. The Hall–Kier alpha value is -6.72. The van der Waals surface area contributed by atoms with E-state index in [4.69, 9.17) is 14.4 Å². The molecule has 1 aliphatic heterocycles. The molecule has 1 N–H and O–H groups in total. The number of nitrogens with zero attached hydrogens (tertiary/aromatic N) is 3. The van der Waals surface area contributed by atoms with E-state index in [9.17, 15) is 0 Å². The van der Waals surface area contributed by atoms with E-state index in [0.29, 0.717) is 5.92 Å². The third-order valence-corrected chi connectivity index (χ3v) is 10.8. The van der Waals surface area contributed by atoms with Crippen LogP contribution in [0.3, 0.4) is 0 Å². The molecule has 0 spiro atoms. The zero-order chi connectivity index (χ0) is 34.2. The van der Waals surface area contributed by atoms with Gasteiger partial charge in [-0.3, -0.25) is 0 Å². The van der Waals surface area contributed by atoms with Gasteiger partial charge in [-0.2, -0.15) is 0 Å². The largest absolute Gasteiger partial charge is 0.455 e. The third-order valence-electron chi connectivity index (χ3n) is 10.8. The molecular weight excluding hydrogens is 637 g/mol. The average Bonchev–Trinajstić information content (AvgIpc) is 3.76. The van der Waals surface area contributed by atoms with Crippen molar-refractivity contribution < 1.29 is 4.42 Å². The zero-order valence-electron chi connectivity index (χ0n) is 28.2. The molecular formula is C47H32N4O. The molecule has 0 radical (unpaired) electrons. The van der Waals surface area contributed by atoms with Crippen molar-refractivity contribution >= 4 is 61.4 Å². The van der Waals surface area contributed by atoms with Crippen LogP contribution in [0.5, 0.6) is 0 Å². The number of aliphatic imine (C=N–C) groups is 2. The molecule has 3 heterocycles. The lowest BCUT2D eigenvalue weighted by Crippen LogP contribution is -2.36. The predicted molar refractivity (Wildman–Crippen MR) is 213 cm³/mol. The van der Waals surface area contributed by atoms with Gasteiger partial charge < -0.3 is 14.3 Å². The van der Waals surface area contributed by atoms with Crippen LogP contribution in [-0.2, 0) is 6.42 Å². The van der Waals surface area contributed by atoms with E-state index >= 15 is 0 Å². The van der Waals surface area contributed by atoms with Gasteiger partial charge in [0.25, 0.3) is 0 Å². The van der Waals surface area contributed by atoms with Crippen LogP contribution in [0, 0.1) is 5.92 Å². The van der Waals surface area contributed by atoms with Crippen LogP contribution in [0.1, 0.15) is 34.1 Å². The summed E-state index contributed by atoms with van der Waals surface area (Å²) in [5.41, 5.74) is 11.0. The second kappa shape index (κ2) is 11.4. The van der Waals surface area contributed by atoms with E-state index in [0.717, 1.165) is 73.2 Å². The van der Waals surface area contributed by atoms with Crippen LogP contribution in [0.2, 0.25) is 0 Å². The summed E-state index contributed by atoms with van der Waals surface area (Å²) in [5, 5.41) is 9.11. The van der Waals surface area contributed by atoms with Crippen LogP contribution in [0.4, 0.5) is 0 Å². The lowest BCUT2D eigenvalue weighted by Gasteiger charge is -2.23. The smallest absolute Gasteiger partial charge is 0.170 e. The Labute approximate surface area is 300 Å². The molecule has 0 fully saturated rings. The summed E-state index contributed by atoms with van der Waals surface area (Å²) in [5.74, 6) is 1.99. The number of nitrogens with one attached hydrogen (secondary N) is 1. The normalized spacial score (nSPS) is 16.8. The fourth-order valence-electron chi connectivity index (χ4n) is 8.34.